The van der Waals surface area contributed by atoms with Crippen LogP contribution in [-0.4, -0.2) is 27.2 Å². The molecule has 1 aliphatic carbocycles. The van der Waals surface area contributed by atoms with Gasteiger partial charge in [0, 0.05) is 6.42 Å². The molecule has 2 N–H and O–H groups in total. The number of ether oxygens (including phenoxy) is 1. The lowest BCUT2D eigenvalue weighted by atomic mass is 9.73. The molecular weight excluding hydrogens is 228 g/mol. The van der Waals surface area contributed by atoms with Gasteiger partial charge in [-0.05, 0) is 49.2 Å². The maximum atomic E-state index is 11.2. The number of hydrogen-bond acceptors (Lipinski definition) is 3. The summed E-state index contributed by atoms with van der Waals surface area (Å²) in [5.41, 5.74) is -0.627. The van der Waals surface area contributed by atoms with Gasteiger partial charge in [-0.25, -0.2) is 0 Å². The van der Waals surface area contributed by atoms with Crippen LogP contribution >= 0.6 is 0 Å². The Morgan fingerprint density at radius 2 is 1.94 bits per heavy atom. The van der Waals surface area contributed by atoms with Crippen LogP contribution in [0.2, 0.25) is 0 Å². The van der Waals surface area contributed by atoms with Crippen molar-refractivity contribution in [3.8, 4) is 0 Å². The zero-order valence-corrected chi connectivity index (χ0v) is 11.8. The zero-order valence-electron chi connectivity index (χ0n) is 11.8. The second kappa shape index (κ2) is 3.20. The molecule has 3 nitrogen and oxygen atoms in total. The Kier molecular flexibility index (Phi) is 2.24. The highest BCUT2D eigenvalue weighted by atomic mass is 16.7. The molecule has 2 fully saturated rings. The Labute approximate surface area is 109 Å². The van der Waals surface area contributed by atoms with E-state index in [0.29, 0.717) is 6.42 Å². The van der Waals surface area contributed by atoms with Gasteiger partial charge in [0.15, 0.2) is 5.79 Å². The highest BCUT2D eigenvalue weighted by Gasteiger charge is 2.68. The first-order valence-electron chi connectivity index (χ1n) is 6.97. The van der Waals surface area contributed by atoms with E-state index in [1.165, 1.54) is 0 Å². The number of rotatable bonds is 0. The predicted molar refractivity (Wildman–Crippen MR) is 68.9 cm³/mol. The van der Waals surface area contributed by atoms with E-state index in [9.17, 15) is 10.2 Å². The normalized spacial score (nSPS) is 53.9. The van der Waals surface area contributed by atoms with Gasteiger partial charge >= 0.3 is 0 Å². The summed E-state index contributed by atoms with van der Waals surface area (Å²) >= 11 is 0. The summed E-state index contributed by atoms with van der Waals surface area (Å²) in [4.78, 5) is 0. The number of aliphatic hydroxyl groups is 2. The van der Waals surface area contributed by atoms with Crippen molar-refractivity contribution in [3.05, 3.63) is 11.6 Å². The zero-order chi connectivity index (χ0) is 13.4. The van der Waals surface area contributed by atoms with Gasteiger partial charge in [-0.3, -0.25) is 0 Å². The maximum Gasteiger partial charge on any atom is 0.189 e. The fraction of sp³-hybridized carbons (Fsp3) is 0.867. The van der Waals surface area contributed by atoms with Gasteiger partial charge in [-0.15, -0.1) is 0 Å². The molecule has 3 heteroatoms. The van der Waals surface area contributed by atoms with E-state index < -0.39 is 17.0 Å². The van der Waals surface area contributed by atoms with Crippen LogP contribution in [0.25, 0.3) is 0 Å². The molecule has 4 unspecified atom stereocenters. The molecule has 1 saturated carbocycles. The molecule has 0 aromatic heterocycles. The maximum absolute atomic E-state index is 11.2. The average molecular weight is 252 g/mol. The minimum Gasteiger partial charge on any atom is -0.386 e. The molecule has 3 rings (SSSR count). The summed E-state index contributed by atoms with van der Waals surface area (Å²) in [6.07, 6.45) is 4.90. The molecule has 0 aromatic rings. The van der Waals surface area contributed by atoms with Crippen molar-refractivity contribution in [2.24, 2.45) is 11.3 Å². The standard InChI is InChI=1S/C15H24O3/c1-10-5-6-15(17)11(2)7-13(18-15)8-12(3,4)9-14(10,13)16/h7,10,16-17H,5-6,8-9H2,1-4H3. The van der Waals surface area contributed by atoms with E-state index in [4.69, 9.17) is 4.74 Å². The Hall–Kier alpha value is -0.380. The van der Waals surface area contributed by atoms with Crippen molar-refractivity contribution in [3.63, 3.8) is 0 Å². The molecule has 18 heavy (non-hydrogen) atoms. The third-order valence-electron chi connectivity index (χ3n) is 5.37. The van der Waals surface area contributed by atoms with E-state index in [-0.39, 0.29) is 11.3 Å². The predicted octanol–water partition coefficient (Wildman–Crippen LogP) is 2.37. The smallest absolute Gasteiger partial charge is 0.189 e. The fourth-order valence-electron chi connectivity index (χ4n) is 4.47. The second-order valence-electron chi connectivity index (χ2n) is 7.49. The van der Waals surface area contributed by atoms with Crippen LogP contribution in [0, 0.1) is 11.3 Å². The fourth-order valence-corrected chi connectivity index (χ4v) is 4.47. The van der Waals surface area contributed by atoms with Gasteiger partial charge in [0.05, 0.1) is 0 Å². The van der Waals surface area contributed by atoms with Crippen LogP contribution in [0.4, 0.5) is 0 Å². The molecule has 0 radical (unpaired) electrons. The first-order valence-corrected chi connectivity index (χ1v) is 6.97. The molecular formula is C15H24O3. The Morgan fingerprint density at radius 1 is 1.28 bits per heavy atom. The van der Waals surface area contributed by atoms with Gasteiger partial charge in [0.25, 0.3) is 0 Å². The van der Waals surface area contributed by atoms with Crippen molar-refractivity contribution < 1.29 is 14.9 Å². The minimum atomic E-state index is -1.15. The highest BCUT2D eigenvalue weighted by Crippen LogP contribution is 2.62. The molecule has 2 bridgehead atoms. The highest BCUT2D eigenvalue weighted by molar-refractivity contribution is 5.33. The molecule has 102 valence electrons. The summed E-state index contributed by atoms with van der Waals surface area (Å²) in [6, 6.07) is 0. The van der Waals surface area contributed by atoms with Crippen molar-refractivity contribution in [1.82, 2.24) is 0 Å². The van der Waals surface area contributed by atoms with E-state index in [1.807, 2.05) is 13.0 Å². The summed E-state index contributed by atoms with van der Waals surface area (Å²) in [5, 5.41) is 21.8. The van der Waals surface area contributed by atoms with Crippen LogP contribution in [0.1, 0.15) is 53.4 Å². The van der Waals surface area contributed by atoms with Gasteiger partial charge < -0.3 is 14.9 Å². The topological polar surface area (TPSA) is 49.7 Å². The summed E-state index contributed by atoms with van der Waals surface area (Å²) < 4.78 is 6.06. The quantitative estimate of drug-likeness (QED) is 0.651. The number of hydrogen-bond donors (Lipinski definition) is 2. The van der Waals surface area contributed by atoms with E-state index >= 15 is 0 Å². The summed E-state index contributed by atoms with van der Waals surface area (Å²) in [6.45, 7) is 8.34. The van der Waals surface area contributed by atoms with Gasteiger partial charge in [0.2, 0.25) is 0 Å². The molecule has 0 amide bonds. The summed E-state index contributed by atoms with van der Waals surface area (Å²) in [5.74, 6) is -1.00. The lowest BCUT2D eigenvalue weighted by Crippen LogP contribution is -2.53. The van der Waals surface area contributed by atoms with Crippen molar-refractivity contribution >= 4 is 0 Å². The minimum absolute atomic E-state index is 0.0440. The second-order valence-corrected chi connectivity index (χ2v) is 7.49. The van der Waals surface area contributed by atoms with Crippen LogP contribution in [0.15, 0.2) is 11.6 Å². The Balaban J connectivity index is 2.15. The van der Waals surface area contributed by atoms with Crippen molar-refractivity contribution in [1.29, 1.82) is 0 Å². The van der Waals surface area contributed by atoms with Crippen LogP contribution in [0.3, 0.4) is 0 Å². The average Bonchev–Trinajstić information content (AvgIpc) is 2.54. The largest absolute Gasteiger partial charge is 0.386 e. The molecule has 0 aromatic carbocycles. The van der Waals surface area contributed by atoms with Gasteiger partial charge in [-0.1, -0.05) is 20.8 Å². The third kappa shape index (κ3) is 1.36. The third-order valence-corrected chi connectivity index (χ3v) is 5.37. The Bertz CT molecular complexity index is 427. The van der Waals surface area contributed by atoms with Crippen LogP contribution in [-0.2, 0) is 4.74 Å². The molecule has 2 heterocycles. The monoisotopic (exact) mass is 252 g/mol. The van der Waals surface area contributed by atoms with Crippen LogP contribution < -0.4 is 0 Å². The van der Waals surface area contributed by atoms with E-state index in [0.717, 1.165) is 24.8 Å². The van der Waals surface area contributed by atoms with Gasteiger partial charge in [-0.2, -0.15) is 0 Å². The van der Waals surface area contributed by atoms with E-state index in [1.54, 1.807) is 0 Å². The molecule has 4 atom stereocenters. The SMILES string of the molecule is CC1=CC23CC(C)(C)CC2(O)C(C)CCC1(O)O3. The van der Waals surface area contributed by atoms with Gasteiger partial charge in [0.1, 0.15) is 11.2 Å². The van der Waals surface area contributed by atoms with Crippen molar-refractivity contribution in [2.45, 2.75) is 70.4 Å². The molecule has 3 aliphatic rings. The molecule has 2 aliphatic heterocycles. The first kappa shape index (κ1) is 12.6. The Morgan fingerprint density at radius 3 is 2.61 bits per heavy atom. The first-order chi connectivity index (χ1) is 8.13. The molecule has 1 spiro atoms. The lowest BCUT2D eigenvalue weighted by molar-refractivity contribution is -0.245. The number of fused-ring (bicyclic) bond motifs is 1. The lowest BCUT2D eigenvalue weighted by Gasteiger charge is -2.40. The van der Waals surface area contributed by atoms with E-state index in [2.05, 4.69) is 20.8 Å². The van der Waals surface area contributed by atoms with Crippen molar-refractivity contribution in [2.75, 3.05) is 0 Å². The molecule has 1 saturated heterocycles. The summed E-state index contributed by atoms with van der Waals surface area (Å²) in [7, 11) is 0. The van der Waals surface area contributed by atoms with Crippen LogP contribution in [0.5, 0.6) is 0 Å².